The van der Waals surface area contributed by atoms with Crippen molar-refractivity contribution in [3.63, 3.8) is 0 Å². The predicted molar refractivity (Wildman–Crippen MR) is 115 cm³/mol. The van der Waals surface area contributed by atoms with Gasteiger partial charge < -0.3 is 15.5 Å². The van der Waals surface area contributed by atoms with Crippen LogP contribution in [-0.2, 0) is 11.2 Å². The molecule has 0 aliphatic heterocycles. The summed E-state index contributed by atoms with van der Waals surface area (Å²) in [5.41, 5.74) is 3.06. The van der Waals surface area contributed by atoms with E-state index in [0.717, 1.165) is 16.7 Å². The van der Waals surface area contributed by atoms with Gasteiger partial charge in [-0.2, -0.15) is 15.4 Å². The number of carboxylic acid groups (broad SMARTS) is 1. The molecule has 3 rings (SSSR count). The smallest absolute Gasteiger partial charge is 0.311 e. The molecule has 2 aromatic carbocycles. The minimum atomic E-state index is -1.39. The number of aryl methyl sites for hydroxylation is 1. The molecule has 0 spiro atoms. The lowest BCUT2D eigenvalue weighted by Gasteiger charge is -2.28. The summed E-state index contributed by atoms with van der Waals surface area (Å²) in [5, 5.41) is 31.8. The standard InChI is InChI=1S/C23H26N4O4/c1-15-5-3-4-6-19(15)17-9-7-16(8-10-17)11-18(12-23(2,14-28)22(30)31)25-21(29)20-13-24-27-26-20/h3-10,13,18,28H,11-12,14H2,1-2H3,(H,25,29)(H,30,31)(H,24,26,27)/t18-,23+/m1/s1. The Morgan fingerprint density at radius 2 is 1.87 bits per heavy atom. The zero-order valence-electron chi connectivity index (χ0n) is 17.5. The van der Waals surface area contributed by atoms with Crippen LogP contribution in [0.4, 0.5) is 0 Å². The van der Waals surface area contributed by atoms with E-state index in [1.807, 2.05) is 36.4 Å². The van der Waals surface area contributed by atoms with Crippen molar-refractivity contribution in [3.8, 4) is 11.1 Å². The van der Waals surface area contributed by atoms with Crippen molar-refractivity contribution in [2.24, 2.45) is 5.41 Å². The summed E-state index contributed by atoms with van der Waals surface area (Å²) in [6.45, 7) is 2.98. The molecule has 31 heavy (non-hydrogen) atoms. The quantitative estimate of drug-likeness (QED) is 0.420. The van der Waals surface area contributed by atoms with Crippen molar-refractivity contribution in [3.05, 3.63) is 71.5 Å². The van der Waals surface area contributed by atoms with Crippen LogP contribution >= 0.6 is 0 Å². The molecule has 8 nitrogen and oxygen atoms in total. The molecule has 162 valence electrons. The molecular formula is C23H26N4O4. The number of aromatic amines is 1. The summed E-state index contributed by atoms with van der Waals surface area (Å²) in [6, 6.07) is 15.5. The second-order valence-corrected chi connectivity index (χ2v) is 7.97. The Hall–Kier alpha value is -3.52. The Bertz CT molecular complexity index is 1030. The maximum atomic E-state index is 12.5. The van der Waals surface area contributed by atoms with Gasteiger partial charge in [0.05, 0.1) is 18.2 Å². The minimum Gasteiger partial charge on any atom is -0.481 e. The number of rotatable bonds is 9. The Morgan fingerprint density at radius 1 is 1.16 bits per heavy atom. The first-order chi connectivity index (χ1) is 14.8. The summed E-state index contributed by atoms with van der Waals surface area (Å²) in [4.78, 5) is 24.2. The van der Waals surface area contributed by atoms with E-state index in [0.29, 0.717) is 6.42 Å². The molecule has 0 saturated heterocycles. The third kappa shape index (κ3) is 5.35. The first kappa shape index (κ1) is 22.2. The zero-order chi connectivity index (χ0) is 22.4. The minimum absolute atomic E-state index is 0.0575. The first-order valence-electron chi connectivity index (χ1n) is 9.98. The number of carbonyl (C=O) groups is 2. The van der Waals surface area contributed by atoms with Crippen LogP contribution in [0.25, 0.3) is 11.1 Å². The van der Waals surface area contributed by atoms with Crippen molar-refractivity contribution >= 4 is 11.9 Å². The number of hydrogen-bond acceptors (Lipinski definition) is 5. The average Bonchev–Trinajstić information content (AvgIpc) is 3.29. The number of benzene rings is 2. The van der Waals surface area contributed by atoms with E-state index in [2.05, 4.69) is 39.8 Å². The topological polar surface area (TPSA) is 128 Å². The molecule has 0 radical (unpaired) electrons. The second kappa shape index (κ2) is 9.53. The molecule has 1 heterocycles. The number of aliphatic carboxylic acids is 1. The lowest BCUT2D eigenvalue weighted by Crippen LogP contribution is -2.44. The number of carbonyl (C=O) groups excluding carboxylic acids is 1. The second-order valence-electron chi connectivity index (χ2n) is 7.97. The molecule has 0 fully saturated rings. The molecule has 3 aromatic rings. The van der Waals surface area contributed by atoms with Crippen LogP contribution in [0.5, 0.6) is 0 Å². The lowest BCUT2D eigenvalue weighted by molar-refractivity contribution is -0.151. The fourth-order valence-electron chi connectivity index (χ4n) is 3.51. The van der Waals surface area contributed by atoms with E-state index in [4.69, 9.17) is 0 Å². The van der Waals surface area contributed by atoms with Gasteiger partial charge in [-0.15, -0.1) is 0 Å². The maximum Gasteiger partial charge on any atom is 0.311 e. The van der Waals surface area contributed by atoms with Crippen LogP contribution in [-0.4, -0.2) is 50.1 Å². The molecule has 0 aliphatic rings. The highest BCUT2D eigenvalue weighted by molar-refractivity contribution is 5.92. The molecule has 0 unspecified atom stereocenters. The first-order valence-corrected chi connectivity index (χ1v) is 9.98. The van der Waals surface area contributed by atoms with Crippen molar-refractivity contribution in [2.45, 2.75) is 32.7 Å². The van der Waals surface area contributed by atoms with Gasteiger partial charge in [0.15, 0.2) is 5.69 Å². The fourth-order valence-corrected chi connectivity index (χ4v) is 3.51. The summed E-state index contributed by atoms with van der Waals surface area (Å²) < 4.78 is 0. The van der Waals surface area contributed by atoms with Crippen LogP contribution in [0.3, 0.4) is 0 Å². The highest BCUT2D eigenvalue weighted by Crippen LogP contribution is 2.27. The van der Waals surface area contributed by atoms with E-state index in [-0.39, 0.29) is 12.1 Å². The normalized spacial score (nSPS) is 13.9. The van der Waals surface area contributed by atoms with Gasteiger partial charge in [-0.1, -0.05) is 48.5 Å². The van der Waals surface area contributed by atoms with Gasteiger partial charge in [0.2, 0.25) is 0 Å². The number of aliphatic hydroxyl groups excluding tert-OH is 1. The number of carboxylic acids is 1. The predicted octanol–water partition coefficient (Wildman–Crippen LogP) is 2.59. The Labute approximate surface area is 180 Å². The monoisotopic (exact) mass is 422 g/mol. The number of aliphatic hydroxyl groups is 1. The summed E-state index contributed by atoms with van der Waals surface area (Å²) >= 11 is 0. The molecular weight excluding hydrogens is 396 g/mol. The Morgan fingerprint density at radius 3 is 2.45 bits per heavy atom. The summed E-state index contributed by atoms with van der Waals surface area (Å²) in [5.74, 6) is -1.58. The fraction of sp³-hybridized carbons (Fsp3) is 0.304. The molecule has 0 saturated carbocycles. The summed E-state index contributed by atoms with van der Waals surface area (Å²) in [7, 11) is 0. The van der Waals surface area contributed by atoms with Crippen molar-refractivity contribution in [1.29, 1.82) is 0 Å². The summed E-state index contributed by atoms with van der Waals surface area (Å²) in [6.07, 6.45) is 1.76. The van der Waals surface area contributed by atoms with Crippen LogP contribution < -0.4 is 5.32 Å². The zero-order valence-corrected chi connectivity index (χ0v) is 17.5. The van der Waals surface area contributed by atoms with E-state index in [1.54, 1.807) is 0 Å². The Kier molecular flexibility index (Phi) is 6.81. The molecule has 8 heteroatoms. The van der Waals surface area contributed by atoms with Gasteiger partial charge in [0, 0.05) is 6.04 Å². The van der Waals surface area contributed by atoms with Gasteiger partial charge in [-0.3, -0.25) is 9.59 Å². The highest BCUT2D eigenvalue weighted by atomic mass is 16.4. The van der Waals surface area contributed by atoms with Crippen LogP contribution in [0.1, 0.15) is 35.0 Å². The van der Waals surface area contributed by atoms with Gasteiger partial charge in [-0.25, -0.2) is 0 Å². The average molecular weight is 422 g/mol. The van der Waals surface area contributed by atoms with Crippen molar-refractivity contribution in [1.82, 2.24) is 20.7 Å². The number of aromatic nitrogens is 3. The van der Waals surface area contributed by atoms with Crippen LogP contribution in [0.2, 0.25) is 0 Å². The van der Waals surface area contributed by atoms with E-state index >= 15 is 0 Å². The van der Waals surface area contributed by atoms with Crippen molar-refractivity contribution in [2.75, 3.05) is 6.61 Å². The van der Waals surface area contributed by atoms with Gasteiger partial charge in [0.25, 0.3) is 5.91 Å². The Balaban J connectivity index is 1.81. The molecule has 0 aliphatic carbocycles. The molecule has 0 bridgehead atoms. The molecule has 4 N–H and O–H groups in total. The SMILES string of the molecule is Cc1ccccc1-c1ccc(C[C@H](C[C@@](C)(CO)C(=O)O)NC(=O)c2cn[nH]n2)cc1. The van der Waals surface area contributed by atoms with E-state index < -0.39 is 29.9 Å². The molecule has 1 amide bonds. The van der Waals surface area contributed by atoms with Gasteiger partial charge in [-0.05, 0) is 48.9 Å². The molecule has 1 aromatic heterocycles. The third-order valence-electron chi connectivity index (χ3n) is 5.44. The lowest BCUT2D eigenvalue weighted by atomic mass is 9.82. The highest BCUT2D eigenvalue weighted by Gasteiger charge is 2.36. The third-order valence-corrected chi connectivity index (χ3v) is 5.44. The van der Waals surface area contributed by atoms with Crippen LogP contribution in [0.15, 0.2) is 54.7 Å². The van der Waals surface area contributed by atoms with E-state index in [9.17, 15) is 19.8 Å². The van der Waals surface area contributed by atoms with Gasteiger partial charge in [0.1, 0.15) is 0 Å². The van der Waals surface area contributed by atoms with E-state index in [1.165, 1.54) is 18.7 Å². The number of nitrogens with zero attached hydrogens (tertiary/aromatic N) is 2. The van der Waals surface area contributed by atoms with Gasteiger partial charge >= 0.3 is 5.97 Å². The number of amides is 1. The number of nitrogens with one attached hydrogen (secondary N) is 2. The maximum absolute atomic E-state index is 12.5. The molecule has 2 atom stereocenters. The van der Waals surface area contributed by atoms with Crippen LogP contribution in [0, 0.1) is 12.3 Å². The number of hydrogen-bond donors (Lipinski definition) is 4. The van der Waals surface area contributed by atoms with Crippen molar-refractivity contribution < 1.29 is 19.8 Å². The largest absolute Gasteiger partial charge is 0.481 e. The number of H-pyrrole nitrogens is 1.